The van der Waals surface area contributed by atoms with Crippen molar-refractivity contribution in [3.63, 3.8) is 0 Å². The van der Waals surface area contributed by atoms with E-state index in [1.54, 1.807) is 0 Å². The molecule has 3 rings (SSSR count). The van der Waals surface area contributed by atoms with Crippen molar-refractivity contribution >= 4 is 9.04 Å². The molecular weight excluding hydrogens is 288 g/mol. The van der Waals surface area contributed by atoms with Crippen molar-refractivity contribution in [1.29, 1.82) is 0 Å². The smallest absolute Gasteiger partial charge is 0.171 e. The summed E-state index contributed by atoms with van der Waals surface area (Å²) >= 11 is 0. The Morgan fingerprint density at radius 3 is 2.09 bits per heavy atom. The maximum Gasteiger partial charge on any atom is 0.171 e. The topological polar surface area (TPSA) is 21.8 Å². The van der Waals surface area contributed by atoms with Gasteiger partial charge in [-0.2, -0.15) is 0 Å². The first-order chi connectivity index (χ1) is 10.2. The summed E-state index contributed by atoms with van der Waals surface area (Å²) in [5.74, 6) is 0.934. The highest BCUT2D eigenvalue weighted by Gasteiger charge is 2.59. The van der Waals surface area contributed by atoms with Crippen LogP contribution in [0.1, 0.15) is 72.1 Å². The molecule has 1 aliphatic heterocycles. The first kappa shape index (κ1) is 17.0. The SMILES string of the molecule is C[SiH](C)OCC1OC12CCC1(CCC(C(C)(C)C)CC1)CC2. The Kier molecular flexibility index (Phi) is 4.55. The second-order valence-electron chi connectivity index (χ2n) is 9.69. The number of rotatable bonds is 3. The van der Waals surface area contributed by atoms with Crippen LogP contribution in [0.2, 0.25) is 13.1 Å². The second-order valence-corrected chi connectivity index (χ2v) is 12.1. The van der Waals surface area contributed by atoms with Crippen LogP contribution < -0.4 is 0 Å². The molecule has 2 saturated carbocycles. The van der Waals surface area contributed by atoms with Crippen LogP contribution in [0.15, 0.2) is 0 Å². The maximum atomic E-state index is 6.10. The molecule has 1 atom stereocenters. The Morgan fingerprint density at radius 2 is 1.59 bits per heavy atom. The molecule has 3 fully saturated rings. The van der Waals surface area contributed by atoms with Gasteiger partial charge in [-0.1, -0.05) is 20.8 Å². The summed E-state index contributed by atoms with van der Waals surface area (Å²) in [6.07, 6.45) is 11.6. The van der Waals surface area contributed by atoms with E-state index in [0.717, 1.165) is 12.5 Å². The standard InChI is InChI=1S/C19H36O2Si/c1-17(2,3)15-6-8-18(9-7-15)10-12-19(13-11-18)16(21-19)14-20-22(4)5/h15-16,22H,6-14H2,1-5H3. The molecule has 1 unspecified atom stereocenters. The molecule has 2 aliphatic carbocycles. The van der Waals surface area contributed by atoms with Crippen molar-refractivity contribution in [2.45, 2.75) is 96.9 Å². The van der Waals surface area contributed by atoms with E-state index >= 15 is 0 Å². The quantitative estimate of drug-likeness (QED) is 0.543. The zero-order valence-electron chi connectivity index (χ0n) is 15.4. The molecule has 0 bridgehead atoms. The third-order valence-electron chi connectivity index (χ3n) is 6.92. The molecule has 3 aliphatic rings. The Hall–Kier alpha value is 0.137. The average molecular weight is 325 g/mol. The van der Waals surface area contributed by atoms with E-state index in [1.165, 1.54) is 51.4 Å². The summed E-state index contributed by atoms with van der Waals surface area (Å²) in [5, 5.41) is 0. The van der Waals surface area contributed by atoms with Crippen LogP contribution in [0.4, 0.5) is 0 Å². The van der Waals surface area contributed by atoms with Gasteiger partial charge in [-0.3, -0.25) is 0 Å². The molecule has 0 radical (unpaired) electrons. The fraction of sp³-hybridized carbons (Fsp3) is 1.00. The lowest BCUT2D eigenvalue weighted by Crippen LogP contribution is -2.38. The maximum absolute atomic E-state index is 6.10. The highest BCUT2D eigenvalue weighted by atomic mass is 28.3. The normalized spacial score (nSPS) is 42.3. The van der Waals surface area contributed by atoms with Crippen molar-refractivity contribution in [2.75, 3.05) is 6.61 Å². The zero-order valence-corrected chi connectivity index (χ0v) is 16.6. The van der Waals surface area contributed by atoms with Crippen LogP contribution in [0.25, 0.3) is 0 Å². The van der Waals surface area contributed by atoms with Crippen LogP contribution in [0.3, 0.4) is 0 Å². The van der Waals surface area contributed by atoms with Gasteiger partial charge in [-0.05, 0) is 81.2 Å². The van der Waals surface area contributed by atoms with Gasteiger partial charge in [0.2, 0.25) is 0 Å². The van der Waals surface area contributed by atoms with Crippen molar-refractivity contribution in [3.8, 4) is 0 Å². The summed E-state index contributed by atoms with van der Waals surface area (Å²) in [4.78, 5) is 0. The van der Waals surface area contributed by atoms with Crippen molar-refractivity contribution < 1.29 is 9.16 Å². The monoisotopic (exact) mass is 324 g/mol. The van der Waals surface area contributed by atoms with Crippen LogP contribution in [-0.2, 0) is 9.16 Å². The molecule has 0 aromatic heterocycles. The van der Waals surface area contributed by atoms with E-state index in [1.807, 2.05) is 0 Å². The van der Waals surface area contributed by atoms with Gasteiger partial charge in [0.1, 0.15) is 6.10 Å². The second kappa shape index (κ2) is 5.89. The number of epoxide rings is 1. The van der Waals surface area contributed by atoms with Gasteiger partial charge in [0.25, 0.3) is 0 Å². The van der Waals surface area contributed by atoms with Crippen LogP contribution in [-0.4, -0.2) is 27.4 Å². The molecule has 0 aromatic carbocycles. The zero-order chi connectivity index (χ0) is 16.0. The van der Waals surface area contributed by atoms with Gasteiger partial charge in [-0.15, -0.1) is 0 Å². The molecule has 0 N–H and O–H groups in total. The van der Waals surface area contributed by atoms with Crippen LogP contribution >= 0.6 is 0 Å². The molecule has 1 saturated heterocycles. The van der Waals surface area contributed by atoms with Gasteiger partial charge < -0.3 is 9.16 Å². The fourth-order valence-corrected chi connectivity index (χ4v) is 5.51. The Balaban J connectivity index is 1.47. The van der Waals surface area contributed by atoms with E-state index in [-0.39, 0.29) is 5.60 Å². The highest BCUT2D eigenvalue weighted by molar-refractivity contribution is 6.48. The molecular formula is C19H36O2Si. The fourth-order valence-electron chi connectivity index (χ4n) is 4.95. The van der Waals surface area contributed by atoms with E-state index in [2.05, 4.69) is 33.9 Å². The minimum Gasteiger partial charge on any atom is -0.418 e. The third-order valence-corrected chi connectivity index (χ3v) is 7.77. The van der Waals surface area contributed by atoms with Crippen LogP contribution in [0, 0.1) is 16.7 Å². The van der Waals surface area contributed by atoms with Gasteiger partial charge in [0.15, 0.2) is 9.04 Å². The Morgan fingerprint density at radius 1 is 1.00 bits per heavy atom. The number of hydrogen-bond donors (Lipinski definition) is 0. The first-order valence-electron chi connectivity index (χ1n) is 9.54. The van der Waals surface area contributed by atoms with Gasteiger partial charge >= 0.3 is 0 Å². The summed E-state index contributed by atoms with van der Waals surface area (Å²) in [7, 11) is -0.895. The van der Waals surface area contributed by atoms with E-state index < -0.39 is 9.04 Å². The van der Waals surface area contributed by atoms with Crippen molar-refractivity contribution in [2.24, 2.45) is 16.7 Å². The summed E-state index contributed by atoms with van der Waals surface area (Å²) in [6.45, 7) is 12.6. The molecule has 128 valence electrons. The number of hydrogen-bond acceptors (Lipinski definition) is 2. The lowest BCUT2D eigenvalue weighted by molar-refractivity contribution is 0.0352. The molecule has 1 heterocycles. The molecule has 22 heavy (non-hydrogen) atoms. The summed E-state index contributed by atoms with van der Waals surface area (Å²) in [6, 6.07) is 0. The molecule has 3 heteroatoms. The highest BCUT2D eigenvalue weighted by Crippen LogP contribution is 2.58. The van der Waals surface area contributed by atoms with E-state index in [9.17, 15) is 0 Å². The van der Waals surface area contributed by atoms with Crippen molar-refractivity contribution in [1.82, 2.24) is 0 Å². The summed E-state index contributed by atoms with van der Waals surface area (Å²) < 4.78 is 12.0. The van der Waals surface area contributed by atoms with Crippen molar-refractivity contribution in [3.05, 3.63) is 0 Å². The predicted molar refractivity (Wildman–Crippen MR) is 94.7 cm³/mol. The lowest BCUT2D eigenvalue weighted by atomic mass is 9.58. The molecule has 0 amide bonds. The first-order valence-corrected chi connectivity index (χ1v) is 12.3. The molecule has 2 spiro atoms. The largest absolute Gasteiger partial charge is 0.418 e. The lowest BCUT2D eigenvalue weighted by Gasteiger charge is -2.47. The van der Waals surface area contributed by atoms with E-state index in [4.69, 9.17) is 9.16 Å². The van der Waals surface area contributed by atoms with Crippen LogP contribution in [0.5, 0.6) is 0 Å². The molecule has 0 aromatic rings. The van der Waals surface area contributed by atoms with E-state index in [0.29, 0.717) is 16.9 Å². The minimum atomic E-state index is -0.895. The molecule has 2 nitrogen and oxygen atoms in total. The van der Waals surface area contributed by atoms with Gasteiger partial charge in [0.05, 0.1) is 12.2 Å². The van der Waals surface area contributed by atoms with Gasteiger partial charge in [0, 0.05) is 0 Å². The third kappa shape index (κ3) is 3.46. The predicted octanol–water partition coefficient (Wildman–Crippen LogP) is 4.92. The summed E-state index contributed by atoms with van der Waals surface area (Å²) in [5.41, 5.74) is 1.40. The Bertz CT molecular complexity index is 381. The number of ether oxygens (including phenoxy) is 1. The average Bonchev–Trinajstić information content (AvgIpc) is 3.13. The van der Waals surface area contributed by atoms with Gasteiger partial charge in [-0.25, -0.2) is 0 Å². The minimum absolute atomic E-state index is 0.232. The Labute approximate surface area is 139 Å².